The molecule has 1 amide bonds. The van der Waals surface area contributed by atoms with E-state index in [4.69, 9.17) is 4.74 Å². The number of hydrogen-bond donors (Lipinski definition) is 1. The highest BCUT2D eigenvalue weighted by molar-refractivity contribution is 7.92. The van der Waals surface area contributed by atoms with E-state index in [-0.39, 0.29) is 17.8 Å². The van der Waals surface area contributed by atoms with Gasteiger partial charge in [0, 0.05) is 17.3 Å². The number of benzene rings is 3. The van der Waals surface area contributed by atoms with Gasteiger partial charge in [0.15, 0.2) is 11.6 Å². The number of hydrogen-bond acceptors (Lipinski definition) is 4. The molecule has 0 atom stereocenters. The Labute approximate surface area is 185 Å². The highest BCUT2D eigenvalue weighted by Crippen LogP contribution is 2.24. The second kappa shape index (κ2) is 9.78. The van der Waals surface area contributed by atoms with Crippen LogP contribution in [0.1, 0.15) is 22.8 Å². The molecule has 0 aliphatic heterocycles. The zero-order valence-corrected chi connectivity index (χ0v) is 18.3. The van der Waals surface area contributed by atoms with Crippen LogP contribution in [0.25, 0.3) is 0 Å². The van der Waals surface area contributed by atoms with E-state index in [1.165, 1.54) is 22.5 Å². The van der Waals surface area contributed by atoms with Crippen LogP contribution in [-0.2, 0) is 16.6 Å². The summed E-state index contributed by atoms with van der Waals surface area (Å²) in [5.41, 5.74) is 1.55. The summed E-state index contributed by atoms with van der Waals surface area (Å²) < 4.78 is 57.7. The summed E-state index contributed by atoms with van der Waals surface area (Å²) in [6, 6.07) is 16.1. The minimum atomic E-state index is -3.57. The molecule has 3 rings (SSSR count). The molecule has 0 bridgehead atoms. The van der Waals surface area contributed by atoms with Crippen LogP contribution >= 0.6 is 0 Å². The molecule has 0 unspecified atom stereocenters. The number of amides is 1. The van der Waals surface area contributed by atoms with Crippen molar-refractivity contribution in [2.75, 3.05) is 22.5 Å². The number of halogens is 2. The minimum absolute atomic E-state index is 0.0673. The van der Waals surface area contributed by atoms with Gasteiger partial charge in [-0.3, -0.25) is 9.10 Å². The van der Waals surface area contributed by atoms with Gasteiger partial charge in [-0.05, 0) is 61.0 Å². The monoisotopic (exact) mass is 460 g/mol. The molecule has 168 valence electrons. The Kier molecular flexibility index (Phi) is 7.09. The van der Waals surface area contributed by atoms with E-state index in [9.17, 15) is 22.0 Å². The first-order valence-corrected chi connectivity index (χ1v) is 11.6. The molecule has 0 radical (unpaired) electrons. The highest BCUT2D eigenvalue weighted by atomic mass is 32.2. The van der Waals surface area contributed by atoms with Crippen molar-refractivity contribution in [1.82, 2.24) is 0 Å². The fourth-order valence-electron chi connectivity index (χ4n) is 2.98. The Morgan fingerprint density at radius 3 is 2.19 bits per heavy atom. The van der Waals surface area contributed by atoms with E-state index >= 15 is 0 Å². The average molecular weight is 461 g/mol. The third-order valence-electron chi connectivity index (χ3n) is 4.56. The van der Waals surface area contributed by atoms with Crippen molar-refractivity contribution < 1.29 is 26.7 Å². The second-order valence-corrected chi connectivity index (χ2v) is 8.88. The molecule has 6 nitrogen and oxygen atoms in total. The Balaban J connectivity index is 1.74. The molecule has 32 heavy (non-hydrogen) atoms. The Bertz CT molecular complexity index is 1200. The normalized spacial score (nSPS) is 11.1. The summed E-state index contributed by atoms with van der Waals surface area (Å²) in [6.45, 7) is 2.43. The van der Waals surface area contributed by atoms with Gasteiger partial charge in [-0.25, -0.2) is 17.2 Å². The summed E-state index contributed by atoms with van der Waals surface area (Å²) in [6.07, 6.45) is 1.12. The molecule has 1 N–H and O–H groups in total. The molecule has 3 aromatic carbocycles. The zero-order valence-electron chi connectivity index (χ0n) is 17.5. The lowest BCUT2D eigenvalue weighted by Gasteiger charge is -2.23. The van der Waals surface area contributed by atoms with E-state index in [0.717, 1.165) is 18.4 Å². The fraction of sp³-hybridized carbons (Fsp3) is 0.174. The molecule has 0 heterocycles. The van der Waals surface area contributed by atoms with Crippen LogP contribution in [0.2, 0.25) is 0 Å². The van der Waals surface area contributed by atoms with Gasteiger partial charge in [0.25, 0.3) is 5.91 Å². The maximum atomic E-state index is 13.3. The number of nitrogens with one attached hydrogen (secondary N) is 1. The minimum Gasteiger partial charge on any atom is -0.494 e. The molecule has 0 aliphatic carbocycles. The van der Waals surface area contributed by atoms with Crippen molar-refractivity contribution in [2.24, 2.45) is 0 Å². The van der Waals surface area contributed by atoms with Crippen molar-refractivity contribution in [3.63, 3.8) is 0 Å². The molecule has 0 saturated heterocycles. The van der Waals surface area contributed by atoms with Crippen molar-refractivity contribution in [3.05, 3.63) is 89.5 Å². The molecule has 0 spiro atoms. The molecule has 0 aromatic heterocycles. The molecule has 0 fully saturated rings. The van der Waals surface area contributed by atoms with Gasteiger partial charge >= 0.3 is 0 Å². The van der Waals surface area contributed by atoms with Crippen LogP contribution in [0.3, 0.4) is 0 Å². The summed E-state index contributed by atoms with van der Waals surface area (Å²) in [4.78, 5) is 12.4. The van der Waals surface area contributed by atoms with Crippen LogP contribution in [0.5, 0.6) is 5.75 Å². The largest absolute Gasteiger partial charge is 0.494 e. The van der Waals surface area contributed by atoms with Gasteiger partial charge in [0.05, 0.1) is 25.1 Å². The summed E-state index contributed by atoms with van der Waals surface area (Å²) >= 11 is 0. The summed E-state index contributed by atoms with van der Waals surface area (Å²) in [7, 11) is -3.57. The van der Waals surface area contributed by atoms with E-state index < -0.39 is 27.6 Å². The third-order valence-corrected chi connectivity index (χ3v) is 5.70. The quantitative estimate of drug-likeness (QED) is 0.534. The van der Waals surface area contributed by atoms with Gasteiger partial charge in [-0.1, -0.05) is 12.1 Å². The second-order valence-electron chi connectivity index (χ2n) is 6.98. The van der Waals surface area contributed by atoms with Gasteiger partial charge < -0.3 is 10.1 Å². The molecular formula is C23H22F2N2O4S. The van der Waals surface area contributed by atoms with Crippen LogP contribution in [-0.4, -0.2) is 27.2 Å². The lowest BCUT2D eigenvalue weighted by Crippen LogP contribution is -2.29. The number of ether oxygens (including phenoxy) is 1. The van der Waals surface area contributed by atoms with Crippen LogP contribution in [0.4, 0.5) is 20.2 Å². The van der Waals surface area contributed by atoms with Crippen molar-refractivity contribution in [3.8, 4) is 5.75 Å². The highest BCUT2D eigenvalue weighted by Gasteiger charge is 2.18. The van der Waals surface area contributed by atoms with Crippen molar-refractivity contribution in [1.29, 1.82) is 0 Å². The van der Waals surface area contributed by atoms with Crippen LogP contribution < -0.4 is 14.4 Å². The van der Waals surface area contributed by atoms with Gasteiger partial charge in [0.1, 0.15) is 5.75 Å². The van der Waals surface area contributed by atoms with E-state index in [0.29, 0.717) is 23.6 Å². The first-order chi connectivity index (χ1) is 15.2. The summed E-state index contributed by atoms with van der Waals surface area (Å²) in [5, 5.41) is 2.49. The Morgan fingerprint density at radius 1 is 0.969 bits per heavy atom. The van der Waals surface area contributed by atoms with E-state index in [1.54, 1.807) is 36.4 Å². The van der Waals surface area contributed by atoms with E-state index in [1.807, 2.05) is 6.92 Å². The SMILES string of the molecule is CCOc1ccc(N(Cc2ccc(C(=O)Nc3ccc(F)c(F)c3)cc2)S(C)(=O)=O)cc1. The maximum absolute atomic E-state index is 13.3. The van der Waals surface area contributed by atoms with Crippen molar-refractivity contribution >= 4 is 27.3 Å². The molecule has 3 aromatic rings. The number of carbonyl (C=O) groups excluding carboxylic acids is 1. The first kappa shape index (κ1) is 23.2. The first-order valence-electron chi connectivity index (χ1n) is 9.73. The standard InChI is InChI=1S/C23H22F2N2O4S/c1-3-31-20-11-9-19(10-12-20)27(32(2,29)30)15-16-4-6-17(7-5-16)23(28)26-18-8-13-21(24)22(25)14-18/h4-14H,3,15H2,1-2H3,(H,26,28). The average Bonchev–Trinajstić information content (AvgIpc) is 2.75. The smallest absolute Gasteiger partial charge is 0.255 e. The zero-order chi connectivity index (χ0) is 23.3. The molecule has 9 heteroatoms. The number of sulfonamides is 1. The number of nitrogens with zero attached hydrogens (tertiary/aromatic N) is 1. The van der Waals surface area contributed by atoms with Crippen LogP contribution in [0.15, 0.2) is 66.7 Å². The van der Waals surface area contributed by atoms with Crippen molar-refractivity contribution in [2.45, 2.75) is 13.5 Å². The molecular weight excluding hydrogens is 438 g/mol. The third kappa shape index (κ3) is 5.82. The van der Waals surface area contributed by atoms with Gasteiger partial charge in [-0.15, -0.1) is 0 Å². The predicted molar refractivity (Wildman–Crippen MR) is 119 cm³/mol. The lowest BCUT2D eigenvalue weighted by molar-refractivity contribution is 0.102. The maximum Gasteiger partial charge on any atom is 0.255 e. The van der Waals surface area contributed by atoms with Gasteiger partial charge in [-0.2, -0.15) is 0 Å². The van der Waals surface area contributed by atoms with E-state index in [2.05, 4.69) is 5.32 Å². The number of anilines is 2. The summed E-state index contributed by atoms with van der Waals surface area (Å²) in [5.74, 6) is -1.93. The fourth-order valence-corrected chi connectivity index (χ4v) is 3.87. The number of carbonyl (C=O) groups is 1. The molecule has 0 aliphatic rings. The Hall–Kier alpha value is -3.46. The van der Waals surface area contributed by atoms with Crippen LogP contribution in [0, 0.1) is 11.6 Å². The Morgan fingerprint density at radius 2 is 1.62 bits per heavy atom. The topological polar surface area (TPSA) is 75.7 Å². The number of rotatable bonds is 8. The predicted octanol–water partition coefficient (Wildman–Crippen LogP) is 4.58. The van der Waals surface area contributed by atoms with Gasteiger partial charge in [0.2, 0.25) is 10.0 Å². The lowest BCUT2D eigenvalue weighted by atomic mass is 10.1. The molecule has 0 saturated carbocycles.